The van der Waals surface area contributed by atoms with E-state index in [0.29, 0.717) is 6.42 Å². The molecule has 2 atom stereocenters. The molecule has 1 amide bonds. The number of oxime groups is 1. The zero-order chi connectivity index (χ0) is 9.56. The predicted molar refractivity (Wildman–Crippen MR) is 43.9 cm³/mol. The second-order valence-electron chi connectivity index (χ2n) is 2.75. The van der Waals surface area contributed by atoms with Gasteiger partial charge in [-0.1, -0.05) is 6.92 Å². The molecule has 0 bridgehead atoms. The third kappa shape index (κ3) is 4.68. The molecule has 12 heavy (non-hydrogen) atoms. The Kier molecular flexibility index (Phi) is 5.03. The van der Waals surface area contributed by atoms with Gasteiger partial charge in [0.1, 0.15) is 0 Å². The van der Waals surface area contributed by atoms with Crippen LogP contribution >= 0.6 is 0 Å². The van der Waals surface area contributed by atoms with Gasteiger partial charge in [0.2, 0.25) is 5.91 Å². The first-order valence-corrected chi connectivity index (χ1v) is 3.70. The van der Waals surface area contributed by atoms with E-state index < -0.39 is 12.0 Å². The van der Waals surface area contributed by atoms with E-state index in [1.54, 1.807) is 6.92 Å². The highest BCUT2D eigenvalue weighted by molar-refractivity contribution is 5.74. The molecule has 5 heteroatoms. The predicted octanol–water partition coefficient (Wildman–Crippen LogP) is -0.291. The summed E-state index contributed by atoms with van der Waals surface area (Å²) in [6.45, 7) is 1.75. The fourth-order valence-electron chi connectivity index (χ4n) is 0.778. The van der Waals surface area contributed by atoms with Crippen LogP contribution in [0.2, 0.25) is 0 Å². The number of aliphatic hydroxyl groups excluding tert-OH is 1. The normalized spacial score (nSPS) is 16.2. The van der Waals surface area contributed by atoms with E-state index in [9.17, 15) is 9.90 Å². The average molecular weight is 174 g/mol. The molecule has 4 N–H and O–H groups in total. The number of aliphatic hydroxyl groups is 1. The van der Waals surface area contributed by atoms with Crippen LogP contribution in [0, 0.1) is 5.92 Å². The van der Waals surface area contributed by atoms with Crippen LogP contribution in [0.4, 0.5) is 0 Å². The van der Waals surface area contributed by atoms with Gasteiger partial charge in [-0.05, 0) is 12.3 Å². The highest BCUT2D eigenvalue weighted by atomic mass is 16.4. The van der Waals surface area contributed by atoms with Gasteiger partial charge in [0.15, 0.2) is 0 Å². The van der Waals surface area contributed by atoms with E-state index in [-0.39, 0.29) is 12.3 Å². The SMILES string of the molecule is C[C@H](C/C=N\O)[C@@H](O)CC(N)=O. The van der Waals surface area contributed by atoms with E-state index in [2.05, 4.69) is 5.16 Å². The minimum Gasteiger partial charge on any atom is -0.411 e. The number of amides is 1. The van der Waals surface area contributed by atoms with Crippen molar-refractivity contribution in [2.75, 3.05) is 0 Å². The summed E-state index contributed by atoms with van der Waals surface area (Å²) in [6.07, 6.45) is 0.876. The lowest BCUT2D eigenvalue weighted by Crippen LogP contribution is -2.25. The number of rotatable bonds is 5. The zero-order valence-electron chi connectivity index (χ0n) is 6.97. The van der Waals surface area contributed by atoms with E-state index in [0.717, 1.165) is 0 Å². The van der Waals surface area contributed by atoms with Crippen molar-refractivity contribution in [1.29, 1.82) is 0 Å². The van der Waals surface area contributed by atoms with E-state index in [1.807, 2.05) is 0 Å². The maximum absolute atomic E-state index is 10.4. The van der Waals surface area contributed by atoms with Gasteiger partial charge in [-0.3, -0.25) is 4.79 Å². The molecule has 0 spiro atoms. The van der Waals surface area contributed by atoms with Gasteiger partial charge < -0.3 is 16.0 Å². The molecule has 0 aliphatic carbocycles. The van der Waals surface area contributed by atoms with Crippen LogP contribution in [-0.4, -0.2) is 28.5 Å². The number of primary amides is 1. The molecule has 0 aromatic carbocycles. The molecule has 0 aromatic rings. The van der Waals surface area contributed by atoms with Crippen molar-refractivity contribution in [3.05, 3.63) is 0 Å². The van der Waals surface area contributed by atoms with E-state index in [1.165, 1.54) is 6.21 Å². The first-order valence-electron chi connectivity index (χ1n) is 3.70. The topological polar surface area (TPSA) is 95.9 Å². The summed E-state index contributed by atoms with van der Waals surface area (Å²) in [4.78, 5) is 10.4. The Bertz CT molecular complexity index is 170. The molecular formula is C7H14N2O3. The number of hydrogen-bond donors (Lipinski definition) is 3. The van der Waals surface area contributed by atoms with Crippen molar-refractivity contribution in [3.63, 3.8) is 0 Å². The molecule has 0 aromatic heterocycles. The van der Waals surface area contributed by atoms with E-state index >= 15 is 0 Å². The minimum absolute atomic E-state index is 0.0551. The summed E-state index contributed by atoms with van der Waals surface area (Å²) in [5.41, 5.74) is 4.88. The molecule has 0 fully saturated rings. The lowest BCUT2D eigenvalue weighted by atomic mass is 9.99. The van der Waals surface area contributed by atoms with Crippen molar-refractivity contribution in [3.8, 4) is 0 Å². The fraction of sp³-hybridized carbons (Fsp3) is 0.714. The molecular weight excluding hydrogens is 160 g/mol. The van der Waals surface area contributed by atoms with Crippen LogP contribution < -0.4 is 5.73 Å². The molecule has 0 unspecified atom stereocenters. The minimum atomic E-state index is -0.763. The number of nitrogens with zero attached hydrogens (tertiary/aromatic N) is 1. The van der Waals surface area contributed by atoms with Gasteiger partial charge in [0, 0.05) is 6.21 Å². The second-order valence-corrected chi connectivity index (χ2v) is 2.75. The molecule has 70 valence electrons. The Hall–Kier alpha value is -1.10. The first kappa shape index (κ1) is 10.9. The van der Waals surface area contributed by atoms with Gasteiger partial charge in [0.25, 0.3) is 0 Å². The molecule has 0 rings (SSSR count). The van der Waals surface area contributed by atoms with Crippen molar-refractivity contribution < 1.29 is 15.1 Å². The Morgan fingerprint density at radius 2 is 2.33 bits per heavy atom. The maximum Gasteiger partial charge on any atom is 0.220 e. The third-order valence-electron chi connectivity index (χ3n) is 1.63. The fourth-order valence-corrected chi connectivity index (χ4v) is 0.778. The summed E-state index contributed by atoms with van der Waals surface area (Å²) < 4.78 is 0. The van der Waals surface area contributed by atoms with Gasteiger partial charge in [-0.25, -0.2) is 0 Å². The molecule has 5 nitrogen and oxygen atoms in total. The van der Waals surface area contributed by atoms with Crippen LogP contribution in [0.15, 0.2) is 5.16 Å². The Morgan fingerprint density at radius 1 is 1.75 bits per heavy atom. The summed E-state index contributed by atoms with van der Waals surface area (Å²) in [5, 5.41) is 20.1. The molecule has 0 aliphatic heterocycles. The number of nitrogens with two attached hydrogens (primary N) is 1. The van der Waals surface area contributed by atoms with Gasteiger partial charge in [0.05, 0.1) is 12.5 Å². The maximum atomic E-state index is 10.4. The summed E-state index contributed by atoms with van der Waals surface area (Å²) in [5.74, 6) is -0.663. The lowest BCUT2D eigenvalue weighted by Gasteiger charge is -2.14. The van der Waals surface area contributed by atoms with Crippen LogP contribution in [0.3, 0.4) is 0 Å². The molecule has 0 heterocycles. The summed E-state index contributed by atoms with van der Waals surface area (Å²) >= 11 is 0. The number of carbonyl (C=O) groups is 1. The van der Waals surface area contributed by atoms with Crippen molar-refractivity contribution >= 4 is 12.1 Å². The van der Waals surface area contributed by atoms with Crippen LogP contribution in [0.25, 0.3) is 0 Å². The van der Waals surface area contributed by atoms with Gasteiger partial charge >= 0.3 is 0 Å². The van der Waals surface area contributed by atoms with Gasteiger partial charge in [-0.2, -0.15) is 0 Å². The van der Waals surface area contributed by atoms with E-state index in [4.69, 9.17) is 10.9 Å². The van der Waals surface area contributed by atoms with Crippen LogP contribution in [-0.2, 0) is 4.79 Å². The Labute approximate surface area is 70.9 Å². The molecule has 0 saturated carbocycles. The molecule has 0 radical (unpaired) electrons. The zero-order valence-corrected chi connectivity index (χ0v) is 6.97. The average Bonchev–Trinajstić information content (AvgIpc) is 1.98. The largest absolute Gasteiger partial charge is 0.411 e. The van der Waals surface area contributed by atoms with Crippen LogP contribution in [0.1, 0.15) is 19.8 Å². The highest BCUT2D eigenvalue weighted by Gasteiger charge is 2.15. The van der Waals surface area contributed by atoms with Gasteiger partial charge in [-0.15, -0.1) is 5.16 Å². The monoisotopic (exact) mass is 174 g/mol. The summed E-state index contributed by atoms with van der Waals surface area (Å²) in [6, 6.07) is 0. The first-order chi connectivity index (χ1) is 5.57. The molecule has 0 saturated heterocycles. The number of carbonyl (C=O) groups excluding carboxylic acids is 1. The number of hydrogen-bond acceptors (Lipinski definition) is 4. The van der Waals surface area contributed by atoms with Crippen molar-refractivity contribution in [2.45, 2.75) is 25.9 Å². The smallest absolute Gasteiger partial charge is 0.220 e. The third-order valence-corrected chi connectivity index (χ3v) is 1.63. The lowest BCUT2D eigenvalue weighted by molar-refractivity contribution is -0.120. The second kappa shape index (κ2) is 5.54. The summed E-state index contributed by atoms with van der Waals surface area (Å²) in [7, 11) is 0. The van der Waals surface area contributed by atoms with Crippen LogP contribution in [0.5, 0.6) is 0 Å². The highest BCUT2D eigenvalue weighted by Crippen LogP contribution is 2.09. The standard InChI is InChI=1S/C7H14N2O3/c1-5(2-3-9-12)6(10)4-7(8)11/h3,5-6,10,12H,2,4H2,1H3,(H2,8,11)/b9-3-/t5-,6+/m1/s1. The molecule has 0 aliphatic rings. The van der Waals surface area contributed by atoms with Crippen molar-refractivity contribution in [1.82, 2.24) is 0 Å². The Balaban J connectivity index is 3.75. The van der Waals surface area contributed by atoms with Crippen molar-refractivity contribution in [2.24, 2.45) is 16.8 Å². The Morgan fingerprint density at radius 3 is 2.75 bits per heavy atom. The quantitative estimate of drug-likeness (QED) is 0.303.